The normalized spacial score (nSPS) is 9.88. The van der Waals surface area contributed by atoms with E-state index in [1.807, 2.05) is 0 Å². The first-order chi connectivity index (χ1) is 12.5. The van der Waals surface area contributed by atoms with Crippen LogP contribution in [0.3, 0.4) is 0 Å². The van der Waals surface area contributed by atoms with E-state index in [4.69, 9.17) is 4.74 Å². The van der Waals surface area contributed by atoms with E-state index >= 15 is 0 Å². The molecule has 2 amide bonds. The number of methoxy groups -OCH3 is 1. The molecule has 2 rings (SSSR count). The molecular weight excluding hydrogens is 360 g/mol. The van der Waals surface area contributed by atoms with Gasteiger partial charge in [0, 0.05) is 5.69 Å². The molecule has 26 heavy (non-hydrogen) atoms. The molecule has 0 fully saturated rings. The zero-order valence-corrected chi connectivity index (χ0v) is 14.6. The predicted molar refractivity (Wildman–Crippen MR) is 94.0 cm³/mol. The summed E-state index contributed by atoms with van der Waals surface area (Å²) < 4.78 is 9.21. The highest BCUT2D eigenvalue weighted by atomic mass is 32.1. The molecular formula is C17H16N2O6S. The number of carbonyl (C=O) groups is 4. The lowest BCUT2D eigenvalue weighted by Gasteiger charge is -2.07. The third-order valence-electron chi connectivity index (χ3n) is 3.12. The fraction of sp³-hybridized carbons (Fsp3) is 0.176. The highest BCUT2D eigenvalue weighted by Crippen LogP contribution is 2.14. The number of rotatable bonds is 7. The summed E-state index contributed by atoms with van der Waals surface area (Å²) in [5.41, 5.74) is 0.746. The van der Waals surface area contributed by atoms with Crippen molar-refractivity contribution in [3.05, 3.63) is 52.2 Å². The van der Waals surface area contributed by atoms with Crippen molar-refractivity contribution in [2.45, 2.75) is 0 Å². The summed E-state index contributed by atoms with van der Waals surface area (Å²) in [6, 6.07) is 9.54. The van der Waals surface area contributed by atoms with Gasteiger partial charge >= 0.3 is 11.9 Å². The van der Waals surface area contributed by atoms with E-state index in [0.29, 0.717) is 10.6 Å². The molecule has 0 saturated carbocycles. The molecule has 0 spiro atoms. The molecule has 8 nitrogen and oxygen atoms in total. The third kappa shape index (κ3) is 5.71. The summed E-state index contributed by atoms with van der Waals surface area (Å²) in [6.07, 6.45) is 0. The average Bonchev–Trinajstić information content (AvgIpc) is 3.19. The lowest BCUT2D eigenvalue weighted by atomic mass is 10.2. The van der Waals surface area contributed by atoms with Crippen molar-refractivity contribution in [3.63, 3.8) is 0 Å². The topological polar surface area (TPSA) is 111 Å². The molecule has 0 unspecified atom stereocenters. The van der Waals surface area contributed by atoms with Crippen LogP contribution in [0.25, 0.3) is 0 Å². The molecule has 0 atom stereocenters. The Labute approximate surface area is 153 Å². The molecule has 1 aromatic carbocycles. The van der Waals surface area contributed by atoms with Crippen LogP contribution >= 0.6 is 11.3 Å². The Bertz CT molecular complexity index is 786. The Morgan fingerprint density at radius 3 is 2.42 bits per heavy atom. The van der Waals surface area contributed by atoms with Gasteiger partial charge in [-0.1, -0.05) is 6.07 Å². The van der Waals surface area contributed by atoms with Crippen molar-refractivity contribution in [1.29, 1.82) is 0 Å². The van der Waals surface area contributed by atoms with Crippen LogP contribution in [-0.2, 0) is 19.1 Å². The standard InChI is InChI=1S/C17H16N2O6S/c1-24-15(21)9-18-14(20)10-25-17(23)11-4-6-12(7-5-11)19-16(22)13-3-2-8-26-13/h2-8H,9-10H2,1H3,(H,18,20)(H,19,22). The molecule has 136 valence electrons. The number of hydrogen-bond donors (Lipinski definition) is 2. The number of thiophene rings is 1. The fourth-order valence-electron chi connectivity index (χ4n) is 1.80. The summed E-state index contributed by atoms with van der Waals surface area (Å²) in [4.78, 5) is 46.7. The summed E-state index contributed by atoms with van der Waals surface area (Å²) in [5.74, 6) is -2.17. The van der Waals surface area contributed by atoms with Gasteiger partial charge in [-0.2, -0.15) is 0 Å². The Hall–Kier alpha value is -3.20. The van der Waals surface area contributed by atoms with Gasteiger partial charge in [0.25, 0.3) is 11.8 Å². The summed E-state index contributed by atoms with van der Waals surface area (Å²) in [6.45, 7) is -0.821. The maximum absolute atomic E-state index is 11.9. The summed E-state index contributed by atoms with van der Waals surface area (Å²) in [5, 5.41) is 6.75. The molecule has 0 aliphatic carbocycles. The zero-order valence-electron chi connectivity index (χ0n) is 13.8. The second-order valence-electron chi connectivity index (χ2n) is 4.94. The molecule has 1 aromatic heterocycles. The minimum atomic E-state index is -0.700. The van der Waals surface area contributed by atoms with E-state index in [2.05, 4.69) is 15.4 Å². The van der Waals surface area contributed by atoms with Gasteiger partial charge < -0.3 is 20.1 Å². The molecule has 0 saturated heterocycles. The lowest BCUT2D eigenvalue weighted by Crippen LogP contribution is -2.33. The smallest absolute Gasteiger partial charge is 0.338 e. The number of benzene rings is 1. The van der Waals surface area contributed by atoms with E-state index in [0.717, 1.165) is 0 Å². The molecule has 2 N–H and O–H groups in total. The van der Waals surface area contributed by atoms with Crippen LogP contribution < -0.4 is 10.6 Å². The molecule has 9 heteroatoms. The van der Waals surface area contributed by atoms with Crippen molar-refractivity contribution in [1.82, 2.24) is 5.32 Å². The van der Waals surface area contributed by atoms with Gasteiger partial charge in [0.2, 0.25) is 0 Å². The van der Waals surface area contributed by atoms with Crippen LogP contribution in [0.5, 0.6) is 0 Å². The molecule has 0 radical (unpaired) electrons. The SMILES string of the molecule is COC(=O)CNC(=O)COC(=O)c1ccc(NC(=O)c2cccs2)cc1. The lowest BCUT2D eigenvalue weighted by molar-refractivity contribution is -0.141. The second kappa shape index (κ2) is 9.33. The van der Waals surface area contributed by atoms with Crippen LogP contribution in [-0.4, -0.2) is 44.0 Å². The maximum atomic E-state index is 11.9. The highest BCUT2D eigenvalue weighted by molar-refractivity contribution is 7.12. The molecule has 2 aromatic rings. The Kier molecular flexibility index (Phi) is 6.86. The Morgan fingerprint density at radius 1 is 1.08 bits per heavy atom. The van der Waals surface area contributed by atoms with Crippen LogP contribution in [0.4, 0.5) is 5.69 Å². The number of esters is 2. The molecule has 0 bridgehead atoms. The van der Waals surface area contributed by atoms with E-state index in [1.54, 1.807) is 29.6 Å². The number of nitrogens with one attached hydrogen (secondary N) is 2. The molecule has 1 heterocycles. The number of carbonyl (C=O) groups excluding carboxylic acids is 4. The van der Waals surface area contributed by atoms with Gasteiger partial charge in [0.05, 0.1) is 17.6 Å². The number of hydrogen-bond acceptors (Lipinski definition) is 7. The van der Waals surface area contributed by atoms with Gasteiger partial charge in [-0.3, -0.25) is 14.4 Å². The highest BCUT2D eigenvalue weighted by Gasteiger charge is 2.12. The van der Waals surface area contributed by atoms with Crippen LogP contribution in [0.15, 0.2) is 41.8 Å². The van der Waals surface area contributed by atoms with E-state index in [1.165, 1.54) is 30.6 Å². The predicted octanol–water partition coefficient (Wildman–Crippen LogP) is 1.45. The van der Waals surface area contributed by atoms with Gasteiger partial charge in [0.1, 0.15) is 6.54 Å². The van der Waals surface area contributed by atoms with Crippen LogP contribution in [0.2, 0.25) is 0 Å². The van der Waals surface area contributed by atoms with E-state index in [-0.39, 0.29) is 18.0 Å². The van der Waals surface area contributed by atoms with Crippen molar-refractivity contribution in [2.24, 2.45) is 0 Å². The average molecular weight is 376 g/mol. The van der Waals surface area contributed by atoms with Crippen LogP contribution in [0, 0.1) is 0 Å². The van der Waals surface area contributed by atoms with Crippen molar-refractivity contribution < 1.29 is 28.7 Å². The fourth-order valence-corrected chi connectivity index (χ4v) is 2.42. The van der Waals surface area contributed by atoms with Gasteiger partial charge in [-0.15, -0.1) is 11.3 Å². The number of anilines is 1. The van der Waals surface area contributed by atoms with Gasteiger partial charge in [-0.25, -0.2) is 4.79 Å². The Balaban J connectivity index is 1.81. The molecule has 0 aliphatic rings. The zero-order chi connectivity index (χ0) is 18.9. The largest absolute Gasteiger partial charge is 0.468 e. The first kappa shape index (κ1) is 19.1. The summed E-state index contributed by atoms with van der Waals surface area (Å²) in [7, 11) is 1.20. The van der Waals surface area contributed by atoms with Gasteiger partial charge in [-0.05, 0) is 35.7 Å². The van der Waals surface area contributed by atoms with E-state index < -0.39 is 24.5 Å². The number of ether oxygens (including phenoxy) is 2. The third-order valence-corrected chi connectivity index (χ3v) is 3.98. The van der Waals surface area contributed by atoms with Gasteiger partial charge in [0.15, 0.2) is 6.61 Å². The number of amides is 2. The monoisotopic (exact) mass is 376 g/mol. The first-order valence-electron chi connectivity index (χ1n) is 7.45. The second-order valence-corrected chi connectivity index (χ2v) is 5.89. The van der Waals surface area contributed by atoms with Crippen LogP contribution in [0.1, 0.15) is 20.0 Å². The summed E-state index contributed by atoms with van der Waals surface area (Å²) >= 11 is 1.32. The Morgan fingerprint density at radius 2 is 1.81 bits per heavy atom. The van der Waals surface area contributed by atoms with Crippen molar-refractivity contribution >= 4 is 40.8 Å². The van der Waals surface area contributed by atoms with Crippen molar-refractivity contribution in [2.75, 3.05) is 25.6 Å². The maximum Gasteiger partial charge on any atom is 0.338 e. The quantitative estimate of drug-likeness (QED) is 0.708. The minimum Gasteiger partial charge on any atom is -0.468 e. The molecule has 0 aliphatic heterocycles. The van der Waals surface area contributed by atoms with E-state index in [9.17, 15) is 19.2 Å². The first-order valence-corrected chi connectivity index (χ1v) is 8.33. The van der Waals surface area contributed by atoms with Crippen molar-refractivity contribution in [3.8, 4) is 0 Å². The minimum absolute atomic E-state index is 0.222.